The van der Waals surface area contributed by atoms with Crippen LogP contribution in [0.3, 0.4) is 0 Å². The van der Waals surface area contributed by atoms with Gasteiger partial charge in [0.2, 0.25) is 0 Å². The van der Waals surface area contributed by atoms with Gasteiger partial charge < -0.3 is 4.74 Å². The molecule has 0 radical (unpaired) electrons. The van der Waals surface area contributed by atoms with E-state index in [1.54, 1.807) is 6.07 Å². The van der Waals surface area contributed by atoms with Crippen molar-refractivity contribution in [2.45, 2.75) is 26.7 Å². The van der Waals surface area contributed by atoms with Crippen molar-refractivity contribution in [2.24, 2.45) is 5.41 Å². The lowest BCUT2D eigenvalue weighted by Crippen LogP contribution is -2.10. The summed E-state index contributed by atoms with van der Waals surface area (Å²) in [6, 6.07) is 6.63. The van der Waals surface area contributed by atoms with Gasteiger partial charge in [-0.25, -0.2) is 4.39 Å². The van der Waals surface area contributed by atoms with Crippen molar-refractivity contribution in [3.05, 3.63) is 29.0 Å². The lowest BCUT2D eigenvalue weighted by molar-refractivity contribution is 0.273. The number of nitrogens with zero attached hydrogens (tertiary/aromatic N) is 1. The molecule has 4 heteroatoms. The molecule has 17 heavy (non-hydrogen) atoms. The van der Waals surface area contributed by atoms with Gasteiger partial charge in [-0.3, -0.25) is 0 Å². The molecule has 1 aromatic rings. The number of halogens is 2. The van der Waals surface area contributed by atoms with Gasteiger partial charge in [-0.2, -0.15) is 5.26 Å². The van der Waals surface area contributed by atoms with Crippen LogP contribution in [-0.4, -0.2) is 6.61 Å². The standard InChI is InChI=1S/C13H15ClFNO/c1-13(2,9-16)7-4-8-17-12-10(14)5-3-6-11(12)15/h3,5-6H,4,7-8H2,1-2H3. The third kappa shape index (κ3) is 4.24. The van der Waals surface area contributed by atoms with Gasteiger partial charge >= 0.3 is 0 Å². The topological polar surface area (TPSA) is 33.0 Å². The van der Waals surface area contributed by atoms with Gasteiger partial charge in [-0.05, 0) is 38.8 Å². The smallest absolute Gasteiger partial charge is 0.173 e. The molecule has 0 aliphatic carbocycles. The summed E-state index contributed by atoms with van der Waals surface area (Å²) in [6.07, 6.45) is 1.39. The zero-order valence-corrected chi connectivity index (χ0v) is 10.7. The SMILES string of the molecule is CC(C)(C#N)CCCOc1c(F)cccc1Cl. The van der Waals surface area contributed by atoms with E-state index in [0.29, 0.717) is 19.4 Å². The second-order valence-corrected chi connectivity index (χ2v) is 4.91. The van der Waals surface area contributed by atoms with E-state index < -0.39 is 5.82 Å². The Morgan fingerprint density at radius 2 is 2.18 bits per heavy atom. The molecule has 1 aromatic carbocycles. The van der Waals surface area contributed by atoms with Gasteiger partial charge in [0, 0.05) is 0 Å². The summed E-state index contributed by atoms with van der Waals surface area (Å²) in [5, 5.41) is 9.09. The minimum absolute atomic E-state index is 0.0870. The second-order valence-electron chi connectivity index (χ2n) is 4.50. The van der Waals surface area contributed by atoms with Crippen molar-refractivity contribution < 1.29 is 9.13 Å². The highest BCUT2D eigenvalue weighted by Gasteiger charge is 2.16. The molecule has 0 aromatic heterocycles. The summed E-state index contributed by atoms with van der Waals surface area (Å²) in [7, 11) is 0. The zero-order chi connectivity index (χ0) is 12.9. The average molecular weight is 256 g/mol. The summed E-state index contributed by atoms with van der Waals surface area (Å²) >= 11 is 5.81. The first-order chi connectivity index (χ1) is 7.96. The molecule has 0 amide bonds. The van der Waals surface area contributed by atoms with Gasteiger partial charge in [0.1, 0.15) is 0 Å². The third-order valence-corrected chi connectivity index (χ3v) is 2.71. The molecule has 0 spiro atoms. The molecule has 0 heterocycles. The Hall–Kier alpha value is -1.27. The van der Waals surface area contributed by atoms with E-state index in [1.807, 2.05) is 13.8 Å². The van der Waals surface area contributed by atoms with Crippen LogP contribution in [0.5, 0.6) is 5.75 Å². The number of benzene rings is 1. The van der Waals surface area contributed by atoms with E-state index in [2.05, 4.69) is 6.07 Å². The maximum absolute atomic E-state index is 13.3. The van der Waals surface area contributed by atoms with Crippen molar-refractivity contribution >= 4 is 11.6 Å². The van der Waals surface area contributed by atoms with Crippen LogP contribution in [-0.2, 0) is 0 Å². The first kappa shape index (κ1) is 13.8. The Bertz CT molecular complexity index is 406. The van der Waals surface area contributed by atoms with Crippen LogP contribution in [0.2, 0.25) is 5.02 Å². The number of hydrogen-bond donors (Lipinski definition) is 0. The summed E-state index contributed by atoms with van der Waals surface area (Å²) in [4.78, 5) is 0. The molecular weight excluding hydrogens is 241 g/mol. The third-order valence-electron chi connectivity index (χ3n) is 2.41. The van der Waals surface area contributed by atoms with Gasteiger partial charge in [-0.1, -0.05) is 17.7 Å². The highest BCUT2D eigenvalue weighted by molar-refractivity contribution is 6.32. The Labute approximate surface area is 106 Å². The predicted molar refractivity (Wildman–Crippen MR) is 65.5 cm³/mol. The molecule has 2 nitrogen and oxygen atoms in total. The largest absolute Gasteiger partial charge is 0.489 e. The molecule has 0 unspecified atom stereocenters. The molecule has 0 atom stereocenters. The molecule has 0 fully saturated rings. The number of rotatable bonds is 5. The van der Waals surface area contributed by atoms with E-state index in [4.69, 9.17) is 21.6 Å². The van der Waals surface area contributed by atoms with Crippen LogP contribution in [0, 0.1) is 22.6 Å². The maximum Gasteiger partial charge on any atom is 0.173 e. The molecule has 92 valence electrons. The van der Waals surface area contributed by atoms with Gasteiger partial charge in [-0.15, -0.1) is 0 Å². The summed E-state index contributed by atoms with van der Waals surface area (Å²) < 4.78 is 18.6. The van der Waals surface area contributed by atoms with E-state index in [0.717, 1.165) is 0 Å². The fraction of sp³-hybridized carbons (Fsp3) is 0.462. The predicted octanol–water partition coefficient (Wildman–Crippen LogP) is 4.19. The molecule has 0 aliphatic heterocycles. The van der Waals surface area contributed by atoms with Crippen molar-refractivity contribution in [3.63, 3.8) is 0 Å². The van der Waals surface area contributed by atoms with Crippen LogP contribution in [0.1, 0.15) is 26.7 Å². The Kier molecular flexibility index (Phi) is 4.77. The molecule has 1 rings (SSSR count). The number of para-hydroxylation sites is 1. The van der Waals surface area contributed by atoms with E-state index in [1.165, 1.54) is 12.1 Å². The van der Waals surface area contributed by atoms with Gasteiger partial charge in [0.05, 0.1) is 23.1 Å². The lowest BCUT2D eigenvalue weighted by Gasteiger charge is -2.15. The Balaban J connectivity index is 2.45. The van der Waals surface area contributed by atoms with Gasteiger partial charge in [0.15, 0.2) is 11.6 Å². The normalized spacial score (nSPS) is 11.0. The highest BCUT2D eigenvalue weighted by atomic mass is 35.5. The number of ether oxygens (including phenoxy) is 1. The van der Waals surface area contributed by atoms with Crippen molar-refractivity contribution in [1.82, 2.24) is 0 Å². The fourth-order valence-electron chi connectivity index (χ4n) is 1.36. The first-order valence-corrected chi connectivity index (χ1v) is 5.82. The van der Waals surface area contributed by atoms with Crippen molar-refractivity contribution in [1.29, 1.82) is 5.26 Å². The average Bonchev–Trinajstić information content (AvgIpc) is 2.27. The molecule has 0 aliphatic rings. The van der Waals surface area contributed by atoms with Crippen LogP contribution >= 0.6 is 11.6 Å². The van der Waals surface area contributed by atoms with E-state index in [-0.39, 0.29) is 16.2 Å². The monoisotopic (exact) mass is 255 g/mol. The molecule has 0 saturated heterocycles. The first-order valence-electron chi connectivity index (χ1n) is 5.44. The highest BCUT2D eigenvalue weighted by Crippen LogP contribution is 2.28. The fourth-order valence-corrected chi connectivity index (χ4v) is 1.58. The van der Waals surface area contributed by atoms with Crippen LogP contribution in [0.4, 0.5) is 4.39 Å². The minimum atomic E-state index is -0.461. The molecule has 0 N–H and O–H groups in total. The lowest BCUT2D eigenvalue weighted by atomic mass is 9.90. The molecule has 0 saturated carbocycles. The molecular formula is C13H15ClFNO. The Morgan fingerprint density at radius 1 is 1.47 bits per heavy atom. The van der Waals surface area contributed by atoms with Crippen molar-refractivity contribution in [3.8, 4) is 11.8 Å². The number of hydrogen-bond acceptors (Lipinski definition) is 2. The summed E-state index contributed by atoms with van der Waals surface area (Å²) in [5.41, 5.74) is -0.373. The minimum Gasteiger partial charge on any atom is -0.489 e. The zero-order valence-electron chi connectivity index (χ0n) is 9.96. The summed E-state index contributed by atoms with van der Waals surface area (Å²) in [6.45, 7) is 4.08. The van der Waals surface area contributed by atoms with Crippen LogP contribution in [0.25, 0.3) is 0 Å². The van der Waals surface area contributed by atoms with Crippen molar-refractivity contribution in [2.75, 3.05) is 6.61 Å². The Morgan fingerprint density at radius 3 is 2.76 bits per heavy atom. The second kappa shape index (κ2) is 5.88. The quantitative estimate of drug-likeness (QED) is 0.739. The summed E-state index contributed by atoms with van der Waals surface area (Å²) in [5.74, 6) is -0.374. The van der Waals surface area contributed by atoms with Crippen LogP contribution < -0.4 is 4.74 Å². The van der Waals surface area contributed by atoms with Crippen LogP contribution in [0.15, 0.2) is 18.2 Å². The van der Waals surface area contributed by atoms with E-state index >= 15 is 0 Å². The number of nitriles is 1. The van der Waals surface area contributed by atoms with E-state index in [9.17, 15) is 4.39 Å². The van der Waals surface area contributed by atoms with Gasteiger partial charge in [0.25, 0.3) is 0 Å². The maximum atomic E-state index is 13.3. The molecule has 0 bridgehead atoms.